The predicted molar refractivity (Wildman–Crippen MR) is 497 cm³/mol. The van der Waals surface area contributed by atoms with Crippen molar-refractivity contribution in [2.45, 2.75) is 176 Å². The van der Waals surface area contributed by atoms with Crippen molar-refractivity contribution in [3.63, 3.8) is 0 Å². The van der Waals surface area contributed by atoms with Gasteiger partial charge in [0.05, 0.1) is 109 Å². The fraction of sp³-hybridized carbons (Fsp3) is 0.412. The Morgan fingerprint density at radius 1 is 0.421 bits per heavy atom. The lowest BCUT2D eigenvalue weighted by Gasteiger charge is -2.44. The van der Waals surface area contributed by atoms with Crippen molar-refractivity contribution in [2.75, 3.05) is 89.8 Å². The number of hydrogen-bond acceptors (Lipinski definition) is 21. The minimum Gasteiger partial charge on any atom is -0.370 e. The molecule has 1 saturated carbocycles. The molecule has 29 heteroatoms. The summed E-state index contributed by atoms with van der Waals surface area (Å²) in [4.78, 5) is 96.8. The van der Waals surface area contributed by atoms with Gasteiger partial charge < -0.3 is 29.8 Å². The monoisotopic (exact) mass is 1690 g/mol. The van der Waals surface area contributed by atoms with Gasteiger partial charge in [-0.25, -0.2) is 33.5 Å². The van der Waals surface area contributed by atoms with Gasteiger partial charge in [0, 0.05) is 117 Å². The van der Waals surface area contributed by atoms with Gasteiger partial charge in [0.25, 0.3) is 22.2 Å². The molecule has 1 N–H and O–H groups in total. The number of pyridine rings is 4. The largest absolute Gasteiger partial charge is 0.370 e. The molecular formula is C97H113N25O4. The fourth-order valence-corrected chi connectivity index (χ4v) is 19.1. The van der Waals surface area contributed by atoms with Gasteiger partial charge in [0.15, 0.2) is 0 Å². The zero-order valence-electron chi connectivity index (χ0n) is 75.1. The van der Waals surface area contributed by atoms with E-state index in [2.05, 4.69) is 138 Å². The summed E-state index contributed by atoms with van der Waals surface area (Å²) in [5, 5.41) is 23.0. The quantitative estimate of drug-likeness (QED) is 0.119. The lowest BCUT2D eigenvalue weighted by Crippen LogP contribution is -2.51. The van der Waals surface area contributed by atoms with Crippen molar-refractivity contribution >= 4 is 61.4 Å². The summed E-state index contributed by atoms with van der Waals surface area (Å²) in [6.45, 7) is 32.0. The predicted octanol–water partition coefficient (Wildman–Crippen LogP) is 13.4. The zero-order valence-corrected chi connectivity index (χ0v) is 75.1. The van der Waals surface area contributed by atoms with Gasteiger partial charge in [0.1, 0.15) is 39.7 Å². The molecule has 29 nitrogen and oxygen atoms in total. The lowest BCUT2D eigenvalue weighted by atomic mass is 9.85. The molecule has 19 heterocycles. The first-order valence-electron chi connectivity index (χ1n) is 44.5. The van der Waals surface area contributed by atoms with E-state index in [0.717, 1.165) is 199 Å². The van der Waals surface area contributed by atoms with Crippen LogP contribution in [0.15, 0.2) is 166 Å². The van der Waals surface area contributed by atoms with Crippen molar-refractivity contribution < 1.29 is 0 Å². The molecule has 650 valence electrons. The molecule has 0 amide bonds. The molecule has 15 aromatic heterocycles. The van der Waals surface area contributed by atoms with E-state index in [0.29, 0.717) is 68.6 Å². The van der Waals surface area contributed by atoms with Crippen LogP contribution in [0.2, 0.25) is 0 Å². The van der Waals surface area contributed by atoms with E-state index in [1.807, 2.05) is 158 Å². The third kappa shape index (κ3) is 17.0. The summed E-state index contributed by atoms with van der Waals surface area (Å²) < 4.78 is 13.9. The van der Waals surface area contributed by atoms with Gasteiger partial charge >= 0.3 is 0 Å². The van der Waals surface area contributed by atoms with E-state index in [4.69, 9.17) is 19.9 Å². The molecule has 1 aliphatic carbocycles. The average molecular weight is 1690 g/mol. The number of aryl methyl sites for hydroxylation is 9. The number of aromatic nitrogens is 19. The summed E-state index contributed by atoms with van der Waals surface area (Å²) in [5.74, 6) is 1.02. The van der Waals surface area contributed by atoms with Crippen LogP contribution in [0.4, 0.5) is 11.4 Å². The molecule has 5 aliphatic rings. The second kappa shape index (κ2) is 34.1. The van der Waals surface area contributed by atoms with Crippen molar-refractivity contribution in [1.29, 1.82) is 0 Å². The maximum Gasteiger partial charge on any atom is 0.258 e. The number of hydrogen-bond donors (Lipinski definition) is 1. The summed E-state index contributed by atoms with van der Waals surface area (Å²) >= 11 is 0. The van der Waals surface area contributed by atoms with E-state index in [1.165, 1.54) is 43.5 Å². The van der Waals surface area contributed by atoms with Crippen molar-refractivity contribution in [3.8, 4) is 45.4 Å². The first kappa shape index (κ1) is 84.3. The van der Waals surface area contributed by atoms with E-state index < -0.39 is 0 Å². The maximum absolute atomic E-state index is 13.2. The summed E-state index contributed by atoms with van der Waals surface area (Å²) in [7, 11) is 8.37. The minimum absolute atomic E-state index is 0.0332. The molecule has 126 heavy (non-hydrogen) atoms. The van der Waals surface area contributed by atoms with E-state index in [9.17, 15) is 19.2 Å². The van der Waals surface area contributed by atoms with Crippen LogP contribution >= 0.6 is 0 Å². The van der Waals surface area contributed by atoms with Gasteiger partial charge in [0.2, 0.25) is 0 Å². The number of anilines is 2. The van der Waals surface area contributed by atoms with Crippen LogP contribution in [0, 0.1) is 55.4 Å². The third-order valence-corrected chi connectivity index (χ3v) is 27.1. The number of nitrogens with one attached hydrogen (secondary N) is 1. The number of benzene rings is 1. The molecule has 0 radical (unpaired) electrons. The Balaban J connectivity index is 0.000000114. The molecule has 1 aromatic carbocycles. The van der Waals surface area contributed by atoms with Crippen molar-refractivity contribution in [3.05, 3.63) is 244 Å². The van der Waals surface area contributed by atoms with Crippen LogP contribution < -0.4 is 37.4 Å². The van der Waals surface area contributed by atoms with Crippen molar-refractivity contribution in [2.24, 2.45) is 7.05 Å². The highest BCUT2D eigenvalue weighted by molar-refractivity contribution is 5.84. The Bertz CT molecular complexity index is 7130. The molecule has 0 spiro atoms. The molecule has 4 aliphatic heterocycles. The van der Waals surface area contributed by atoms with Gasteiger partial charge in [-0.1, -0.05) is 31.5 Å². The van der Waals surface area contributed by atoms with Gasteiger partial charge in [-0.2, -0.15) is 20.4 Å². The Hall–Kier alpha value is -12.6. The summed E-state index contributed by atoms with van der Waals surface area (Å²) in [5.41, 5.74) is 24.0. The molecule has 0 bridgehead atoms. The highest BCUT2D eigenvalue weighted by Crippen LogP contribution is 2.37. The molecule has 5 fully saturated rings. The van der Waals surface area contributed by atoms with Crippen LogP contribution in [0.25, 0.3) is 95.5 Å². The molecule has 21 rings (SSSR count). The van der Waals surface area contributed by atoms with Crippen LogP contribution in [-0.2, 0) is 7.05 Å². The number of likely N-dealkylation sites (tertiary alicyclic amines) is 2. The van der Waals surface area contributed by atoms with E-state index in [-0.39, 0.29) is 33.3 Å². The lowest BCUT2D eigenvalue weighted by molar-refractivity contribution is 0.0975. The first-order chi connectivity index (χ1) is 60.5. The molecule has 16 aromatic rings. The number of piperidine rings is 4. The molecule has 4 saturated heterocycles. The Labute approximate surface area is 731 Å². The third-order valence-electron chi connectivity index (χ3n) is 27.1. The number of fused-ring (bicyclic) bond motifs is 8. The fourth-order valence-electron chi connectivity index (χ4n) is 19.1. The second-order valence-corrected chi connectivity index (χ2v) is 36.4. The van der Waals surface area contributed by atoms with Crippen LogP contribution in [0.3, 0.4) is 0 Å². The van der Waals surface area contributed by atoms with Crippen LogP contribution in [0.5, 0.6) is 0 Å². The maximum atomic E-state index is 13.2. The SMILES string of the molecule is CCNC1(C)CCN(c2ccc3nc(-c4cc5c(C)nc(C)cn5n4)cc(=O)n3c2)CC1.Cc1cc(C2CCN(C)CC2)cn2c(=O)cc(-c3ccc4nn(C)cc4c3)nc12.Cc1cn2nc(-c3cc(=O)n4cc(C5CCN(C6CCC6)CC5)cc(C)c4n3)cc2c(C)n1.Cc1cn2nc(-c3cc(=O)n4cc(N5CCC(C)(N(C)C)CC5)ccc4n3)cc2c(C)n1. The Morgan fingerprint density at radius 2 is 0.849 bits per heavy atom. The van der Waals surface area contributed by atoms with E-state index >= 15 is 0 Å². The Morgan fingerprint density at radius 3 is 1.29 bits per heavy atom. The molecule has 0 atom stereocenters. The smallest absolute Gasteiger partial charge is 0.258 e. The zero-order chi connectivity index (χ0) is 87.9. The summed E-state index contributed by atoms with van der Waals surface area (Å²) in [6.07, 6.45) is 28.5. The van der Waals surface area contributed by atoms with Gasteiger partial charge in [-0.15, -0.1) is 0 Å². The van der Waals surface area contributed by atoms with Gasteiger partial charge in [-0.3, -0.25) is 56.4 Å². The first-order valence-corrected chi connectivity index (χ1v) is 44.5. The minimum atomic E-state index is -0.107. The standard InChI is InChI=1S/C26H30N6O.2C24H29N7O.C23H25N5O/c1-16-11-20(19-7-9-30(10-8-19)21-5-4-6-21)15-31-25(33)13-22(28-26(16)31)23-12-24-18(3)27-17(2)14-32(24)29-23;1-16-14-31-21(17(2)25-16)12-20(27-31)19-13-23(32)30-15-18(6-7-22(30)26-19)29-10-8-24(3,9-11-29)28(4)5;1-5-25-24(4)8-10-29(11-9-24)18-6-7-22-27-19(13-23(32)30(22)15-18)20-12-21-17(3)26-16(2)14-31(21)28-20;1-15-10-18(16-6-8-26(2)9-7-16)14-28-22(29)12-21(24-23(15)28)17-4-5-20-19(11-17)13-27(3)25-20/h11-15,19,21H,4-10H2,1-3H3;6-7,12-15H,8-11H2,1-5H3;6-7,12-15,25H,5,8-11H2,1-4H3;4-5,10-14,16H,6-9H2,1-3H3. The highest BCUT2D eigenvalue weighted by atomic mass is 16.1. The van der Waals surface area contributed by atoms with Crippen LogP contribution in [-0.4, -0.2) is 203 Å². The van der Waals surface area contributed by atoms with Gasteiger partial charge in [-0.05, 0) is 276 Å². The van der Waals surface area contributed by atoms with Crippen molar-refractivity contribution in [1.82, 2.24) is 111 Å². The van der Waals surface area contributed by atoms with Crippen LogP contribution in [0.1, 0.15) is 160 Å². The molecule has 0 unspecified atom stereocenters. The topological polar surface area (TPSA) is 274 Å². The second-order valence-electron chi connectivity index (χ2n) is 36.4. The number of rotatable bonds is 12. The average Bonchev–Trinajstić information content (AvgIpc) is 1.39. The highest BCUT2D eigenvalue weighted by Gasteiger charge is 2.34. The molecular weight excluding hydrogens is 1580 g/mol. The Kier molecular flexibility index (Phi) is 22.8. The normalized spacial score (nSPS) is 16.8. The summed E-state index contributed by atoms with van der Waals surface area (Å²) in [6, 6.07) is 31.4. The van der Waals surface area contributed by atoms with E-state index in [1.54, 1.807) is 55.6 Å². The number of nitrogens with zero attached hydrogens (tertiary/aromatic N) is 24.